The van der Waals surface area contributed by atoms with Gasteiger partial charge in [-0.25, -0.2) is 4.98 Å². The molecule has 2 aromatic heterocycles. The van der Waals surface area contributed by atoms with E-state index < -0.39 is 18.4 Å². The molecule has 0 saturated carbocycles. The average molecular weight is 455 g/mol. The van der Waals surface area contributed by atoms with Crippen LogP contribution in [0.2, 0.25) is 0 Å². The highest BCUT2D eigenvalue weighted by atomic mass is 19.3. The number of pyridine rings is 1. The SMILES string of the molecule is CCOCC(F)(F)c1nc2c(C#N)c(C)c(-c3ccccc3)c(N3CC[C@](C)(NC)C3)n2n1. The molecule has 0 radical (unpaired) electrons. The molecule has 1 aromatic carbocycles. The third-order valence-corrected chi connectivity index (χ3v) is 6.37. The van der Waals surface area contributed by atoms with Crippen molar-refractivity contribution in [3.63, 3.8) is 0 Å². The number of halogens is 2. The zero-order valence-electron chi connectivity index (χ0n) is 19.3. The summed E-state index contributed by atoms with van der Waals surface area (Å²) in [6.07, 6.45) is 0.875. The van der Waals surface area contributed by atoms with E-state index in [1.165, 1.54) is 4.52 Å². The minimum atomic E-state index is -3.38. The van der Waals surface area contributed by atoms with E-state index in [-0.39, 0.29) is 23.4 Å². The van der Waals surface area contributed by atoms with Gasteiger partial charge in [0.05, 0.1) is 0 Å². The maximum atomic E-state index is 14.9. The smallest absolute Gasteiger partial charge is 0.331 e. The summed E-state index contributed by atoms with van der Waals surface area (Å²) in [7, 11) is 1.92. The molecule has 1 aliphatic heterocycles. The molecule has 0 aliphatic carbocycles. The number of nitriles is 1. The fourth-order valence-electron chi connectivity index (χ4n) is 4.36. The number of hydrogen-bond donors (Lipinski definition) is 1. The van der Waals surface area contributed by atoms with Gasteiger partial charge >= 0.3 is 5.92 Å². The van der Waals surface area contributed by atoms with E-state index in [1.807, 2.05) is 44.3 Å². The Morgan fingerprint density at radius 3 is 2.64 bits per heavy atom. The van der Waals surface area contributed by atoms with E-state index in [0.717, 1.165) is 17.5 Å². The minimum absolute atomic E-state index is 0.133. The first kappa shape index (κ1) is 23.1. The minimum Gasteiger partial charge on any atom is -0.375 e. The monoisotopic (exact) mass is 454 g/mol. The second kappa shape index (κ2) is 8.69. The van der Waals surface area contributed by atoms with Crippen LogP contribution in [0, 0.1) is 18.3 Å². The number of likely N-dealkylation sites (N-methyl/N-ethyl adjacent to an activating group) is 1. The molecule has 0 bridgehead atoms. The van der Waals surface area contributed by atoms with Crippen molar-refractivity contribution in [3.05, 3.63) is 47.3 Å². The molecule has 1 aliphatic rings. The Hall–Kier alpha value is -3.09. The van der Waals surface area contributed by atoms with Gasteiger partial charge in [0.1, 0.15) is 24.1 Å². The van der Waals surface area contributed by atoms with Crippen molar-refractivity contribution >= 4 is 11.5 Å². The van der Waals surface area contributed by atoms with Crippen LogP contribution >= 0.6 is 0 Å². The largest absolute Gasteiger partial charge is 0.375 e. The number of benzene rings is 1. The summed E-state index contributed by atoms with van der Waals surface area (Å²) < 4.78 is 36.1. The van der Waals surface area contributed by atoms with Crippen LogP contribution < -0.4 is 10.2 Å². The second-order valence-electron chi connectivity index (χ2n) is 8.67. The third-order valence-electron chi connectivity index (χ3n) is 6.37. The van der Waals surface area contributed by atoms with Gasteiger partial charge < -0.3 is 15.0 Å². The Kier molecular flexibility index (Phi) is 6.08. The lowest BCUT2D eigenvalue weighted by Crippen LogP contribution is -2.42. The summed E-state index contributed by atoms with van der Waals surface area (Å²) in [6, 6.07) is 11.8. The first-order chi connectivity index (χ1) is 15.7. The molecular formula is C24H28F2N6O. The van der Waals surface area contributed by atoms with Crippen molar-refractivity contribution in [1.82, 2.24) is 19.9 Å². The molecule has 174 valence electrons. The van der Waals surface area contributed by atoms with Crippen LogP contribution in [0.1, 0.15) is 37.2 Å². The van der Waals surface area contributed by atoms with Gasteiger partial charge in [-0.3, -0.25) is 0 Å². The fraction of sp³-hybridized carbons (Fsp3) is 0.458. The van der Waals surface area contributed by atoms with E-state index >= 15 is 0 Å². The second-order valence-corrected chi connectivity index (χ2v) is 8.67. The van der Waals surface area contributed by atoms with Crippen LogP contribution in [0.5, 0.6) is 0 Å². The lowest BCUT2D eigenvalue weighted by Gasteiger charge is -2.27. The topological polar surface area (TPSA) is 78.5 Å². The Morgan fingerprint density at radius 2 is 2.03 bits per heavy atom. The molecule has 1 fully saturated rings. The number of ether oxygens (including phenoxy) is 1. The van der Waals surface area contributed by atoms with Crippen LogP contribution in [0.25, 0.3) is 16.8 Å². The average Bonchev–Trinajstić information content (AvgIpc) is 3.43. The molecule has 0 amide bonds. The van der Waals surface area contributed by atoms with Gasteiger partial charge in [-0.15, -0.1) is 5.10 Å². The summed E-state index contributed by atoms with van der Waals surface area (Å²) in [6.45, 7) is 6.34. The van der Waals surface area contributed by atoms with E-state index in [0.29, 0.717) is 24.5 Å². The van der Waals surface area contributed by atoms with E-state index in [4.69, 9.17) is 4.74 Å². The number of alkyl halides is 2. The maximum Gasteiger partial charge on any atom is 0.331 e. The lowest BCUT2D eigenvalue weighted by atomic mass is 9.97. The van der Waals surface area contributed by atoms with Crippen molar-refractivity contribution in [3.8, 4) is 17.2 Å². The summed E-state index contributed by atoms with van der Waals surface area (Å²) in [5.74, 6) is -3.36. The normalized spacial score (nSPS) is 18.8. The number of aromatic nitrogens is 3. The predicted octanol–water partition coefficient (Wildman–Crippen LogP) is 3.89. The Balaban J connectivity index is 2.02. The van der Waals surface area contributed by atoms with Gasteiger partial charge in [-0.1, -0.05) is 30.3 Å². The summed E-state index contributed by atoms with van der Waals surface area (Å²) >= 11 is 0. The highest BCUT2D eigenvalue weighted by Gasteiger charge is 2.40. The quantitative estimate of drug-likeness (QED) is 0.584. The van der Waals surface area contributed by atoms with Crippen molar-refractivity contribution in [2.75, 3.05) is 38.3 Å². The molecule has 9 heteroatoms. The number of nitrogens with one attached hydrogen (secondary N) is 1. The molecule has 7 nitrogen and oxygen atoms in total. The molecule has 1 saturated heterocycles. The third kappa shape index (κ3) is 4.05. The van der Waals surface area contributed by atoms with E-state index in [9.17, 15) is 14.0 Å². The number of nitrogens with zero attached hydrogens (tertiary/aromatic N) is 5. The van der Waals surface area contributed by atoms with Gasteiger partial charge in [0.15, 0.2) is 5.65 Å². The zero-order chi connectivity index (χ0) is 23.8. The van der Waals surface area contributed by atoms with Crippen molar-refractivity contribution in [2.45, 2.75) is 38.7 Å². The highest BCUT2D eigenvalue weighted by molar-refractivity contribution is 5.85. The van der Waals surface area contributed by atoms with Crippen molar-refractivity contribution in [1.29, 1.82) is 5.26 Å². The highest BCUT2D eigenvalue weighted by Crippen LogP contribution is 2.40. The van der Waals surface area contributed by atoms with Crippen LogP contribution in [-0.2, 0) is 10.7 Å². The van der Waals surface area contributed by atoms with Crippen molar-refractivity contribution in [2.24, 2.45) is 0 Å². The summed E-state index contributed by atoms with van der Waals surface area (Å²) in [5.41, 5.74) is 2.61. The number of anilines is 1. The van der Waals surface area contributed by atoms with E-state index in [2.05, 4.69) is 33.3 Å². The van der Waals surface area contributed by atoms with Crippen LogP contribution in [0.3, 0.4) is 0 Å². The Bertz CT molecular complexity index is 1200. The Morgan fingerprint density at radius 1 is 1.30 bits per heavy atom. The molecule has 1 N–H and O–H groups in total. The lowest BCUT2D eigenvalue weighted by molar-refractivity contribution is -0.0863. The van der Waals surface area contributed by atoms with Crippen LogP contribution in [-0.4, -0.2) is 53.5 Å². The van der Waals surface area contributed by atoms with Crippen LogP contribution in [0.15, 0.2) is 30.3 Å². The molecule has 3 aromatic rings. The fourth-order valence-corrected chi connectivity index (χ4v) is 4.36. The first-order valence-corrected chi connectivity index (χ1v) is 11.0. The van der Waals surface area contributed by atoms with E-state index in [1.54, 1.807) is 6.92 Å². The van der Waals surface area contributed by atoms with Crippen LogP contribution in [0.4, 0.5) is 14.6 Å². The van der Waals surface area contributed by atoms with Gasteiger partial charge in [-0.05, 0) is 45.4 Å². The summed E-state index contributed by atoms with van der Waals surface area (Å²) in [5, 5.41) is 17.6. The van der Waals surface area contributed by atoms with Gasteiger partial charge in [0.25, 0.3) is 0 Å². The van der Waals surface area contributed by atoms with Gasteiger partial charge in [0.2, 0.25) is 5.82 Å². The zero-order valence-corrected chi connectivity index (χ0v) is 19.3. The maximum absolute atomic E-state index is 14.9. The van der Waals surface area contributed by atoms with Crippen molar-refractivity contribution < 1.29 is 13.5 Å². The number of rotatable bonds is 7. The van der Waals surface area contributed by atoms with Gasteiger partial charge in [0, 0.05) is 30.8 Å². The molecular weight excluding hydrogens is 426 g/mol. The Labute approximate surface area is 192 Å². The first-order valence-electron chi connectivity index (χ1n) is 11.0. The van der Waals surface area contributed by atoms with Gasteiger partial charge in [-0.2, -0.15) is 18.6 Å². The molecule has 0 unspecified atom stereocenters. The molecule has 1 atom stereocenters. The summed E-state index contributed by atoms with van der Waals surface area (Å²) in [4.78, 5) is 6.29. The molecule has 33 heavy (non-hydrogen) atoms. The molecule has 4 rings (SSSR count). The predicted molar refractivity (Wildman–Crippen MR) is 123 cm³/mol. The number of hydrogen-bond acceptors (Lipinski definition) is 6. The standard InChI is InChI=1S/C24H28F2N6O/c1-5-33-15-24(25,26)22-29-20-18(13-27)16(2)19(17-9-7-6-8-10-17)21(32(20)30-22)31-12-11-23(3,14-31)28-4/h6-10,28H,5,11-12,14-15H2,1-4H3/t23-/m0/s1. The molecule has 0 spiro atoms. The molecule has 3 heterocycles. The number of fused-ring (bicyclic) bond motifs is 1.